The monoisotopic (exact) mass is 399 g/mol. The molecule has 1 fully saturated rings. The Bertz CT molecular complexity index is 861. The van der Waals surface area contributed by atoms with Crippen LogP contribution in [0.1, 0.15) is 42.7 Å². The van der Waals surface area contributed by atoms with Crippen molar-refractivity contribution in [2.75, 3.05) is 5.32 Å². The van der Waals surface area contributed by atoms with Crippen molar-refractivity contribution in [3.8, 4) is 0 Å². The lowest BCUT2D eigenvalue weighted by molar-refractivity contribution is -0.139. The molecule has 1 saturated heterocycles. The van der Waals surface area contributed by atoms with Gasteiger partial charge in [-0.3, -0.25) is 24.1 Å². The van der Waals surface area contributed by atoms with Gasteiger partial charge in [-0.25, -0.2) is 0 Å². The van der Waals surface area contributed by atoms with E-state index in [1.807, 2.05) is 17.5 Å². The summed E-state index contributed by atoms with van der Waals surface area (Å²) in [6.07, 6.45) is 0.665. The van der Waals surface area contributed by atoms with Gasteiger partial charge in [-0.1, -0.05) is 18.2 Å². The quantitative estimate of drug-likeness (QED) is 0.700. The summed E-state index contributed by atoms with van der Waals surface area (Å²) in [5.41, 5.74) is 1.43. The summed E-state index contributed by atoms with van der Waals surface area (Å²) in [5, 5.41) is 7.51. The molecule has 1 aliphatic rings. The van der Waals surface area contributed by atoms with Crippen molar-refractivity contribution in [3.63, 3.8) is 0 Å². The normalized spacial score (nSPS) is 14.8. The van der Waals surface area contributed by atoms with E-state index in [4.69, 9.17) is 0 Å². The molecule has 1 aromatic heterocycles. The number of likely N-dealkylation sites (tertiary alicyclic amines) is 1. The highest BCUT2D eigenvalue weighted by Crippen LogP contribution is 2.23. The first-order chi connectivity index (χ1) is 13.4. The van der Waals surface area contributed by atoms with Gasteiger partial charge in [-0.05, 0) is 29.1 Å². The van der Waals surface area contributed by atoms with Gasteiger partial charge in [0.25, 0.3) is 0 Å². The van der Waals surface area contributed by atoms with E-state index in [0.29, 0.717) is 5.69 Å². The van der Waals surface area contributed by atoms with Crippen LogP contribution < -0.4 is 10.6 Å². The summed E-state index contributed by atoms with van der Waals surface area (Å²) in [5.74, 6) is -0.716. The number of carbonyl (C=O) groups excluding carboxylic acids is 4. The first-order valence-electron chi connectivity index (χ1n) is 8.95. The molecule has 0 bridgehead atoms. The fourth-order valence-corrected chi connectivity index (χ4v) is 3.81. The van der Waals surface area contributed by atoms with Crippen molar-refractivity contribution in [1.29, 1.82) is 0 Å². The van der Waals surface area contributed by atoms with E-state index >= 15 is 0 Å². The van der Waals surface area contributed by atoms with Crippen LogP contribution in [0, 0.1) is 0 Å². The topological polar surface area (TPSA) is 95.6 Å². The minimum Gasteiger partial charge on any atom is -0.348 e. The zero-order chi connectivity index (χ0) is 20.1. The number of hydrogen-bond donors (Lipinski definition) is 2. The van der Waals surface area contributed by atoms with Crippen molar-refractivity contribution < 1.29 is 19.2 Å². The van der Waals surface area contributed by atoms with Crippen LogP contribution in [0.4, 0.5) is 5.69 Å². The lowest BCUT2D eigenvalue weighted by Gasteiger charge is -2.17. The van der Waals surface area contributed by atoms with Gasteiger partial charge in [0.05, 0.1) is 19.0 Å². The van der Waals surface area contributed by atoms with Gasteiger partial charge in [-0.2, -0.15) is 0 Å². The smallest absolute Gasteiger partial charge is 0.229 e. The van der Waals surface area contributed by atoms with Crippen LogP contribution in [-0.2, 0) is 25.7 Å². The van der Waals surface area contributed by atoms with Crippen LogP contribution in [0.25, 0.3) is 0 Å². The zero-order valence-electron chi connectivity index (χ0n) is 15.4. The fraction of sp³-hybridized carbons (Fsp3) is 0.300. The first kappa shape index (κ1) is 19.8. The molecule has 146 valence electrons. The van der Waals surface area contributed by atoms with Crippen LogP contribution in [0.2, 0.25) is 0 Å². The zero-order valence-corrected chi connectivity index (χ0v) is 16.3. The maximum Gasteiger partial charge on any atom is 0.229 e. The number of nitrogens with zero attached hydrogens (tertiary/aromatic N) is 1. The van der Waals surface area contributed by atoms with E-state index in [0.717, 1.165) is 10.4 Å². The number of hydrogen-bond acceptors (Lipinski definition) is 5. The van der Waals surface area contributed by atoms with Gasteiger partial charge in [0.2, 0.25) is 23.6 Å². The number of anilines is 1. The van der Waals surface area contributed by atoms with Crippen molar-refractivity contribution in [3.05, 3.63) is 52.2 Å². The second-order valence-electron chi connectivity index (χ2n) is 6.59. The van der Waals surface area contributed by atoms with Crippen LogP contribution in [-0.4, -0.2) is 28.5 Å². The van der Waals surface area contributed by atoms with Gasteiger partial charge >= 0.3 is 0 Å². The second kappa shape index (κ2) is 8.79. The minimum atomic E-state index is -0.371. The van der Waals surface area contributed by atoms with Crippen LogP contribution in [0.3, 0.4) is 0 Å². The minimum absolute atomic E-state index is 0.124. The Morgan fingerprint density at radius 2 is 1.79 bits per heavy atom. The maximum atomic E-state index is 12.4. The van der Waals surface area contributed by atoms with E-state index in [9.17, 15) is 19.2 Å². The molecule has 2 aromatic rings. The Morgan fingerprint density at radius 3 is 2.36 bits per heavy atom. The molecule has 1 atom stereocenters. The lowest BCUT2D eigenvalue weighted by atomic mass is 10.1. The molecule has 0 radical (unpaired) electrons. The molecule has 0 saturated carbocycles. The SMILES string of the molecule is CC(=O)NC(CC(=O)Nc1ccc(CN2C(=O)CCC2=O)cc1)c1cccs1. The molecule has 0 aliphatic carbocycles. The number of imide groups is 1. The van der Waals surface area contributed by atoms with Crippen molar-refractivity contribution >= 4 is 40.7 Å². The summed E-state index contributed by atoms with van der Waals surface area (Å²) in [6, 6.07) is 10.4. The third-order valence-corrected chi connectivity index (χ3v) is 5.37. The summed E-state index contributed by atoms with van der Waals surface area (Å²) >= 11 is 1.48. The third-order valence-electron chi connectivity index (χ3n) is 4.39. The molecule has 0 spiro atoms. The number of benzene rings is 1. The van der Waals surface area contributed by atoms with Gasteiger partial charge in [0, 0.05) is 30.3 Å². The number of nitrogens with one attached hydrogen (secondary N) is 2. The number of carbonyl (C=O) groups is 4. The largest absolute Gasteiger partial charge is 0.348 e. The molecule has 1 aliphatic heterocycles. The molecule has 2 heterocycles. The van der Waals surface area contributed by atoms with Crippen molar-refractivity contribution in [1.82, 2.24) is 10.2 Å². The Labute approximate surface area is 166 Å². The van der Waals surface area contributed by atoms with E-state index in [2.05, 4.69) is 10.6 Å². The molecule has 4 amide bonds. The summed E-state index contributed by atoms with van der Waals surface area (Å²) in [6.45, 7) is 1.67. The maximum absolute atomic E-state index is 12.4. The Morgan fingerprint density at radius 1 is 1.11 bits per heavy atom. The van der Waals surface area contributed by atoms with Crippen molar-refractivity contribution in [2.45, 2.75) is 38.8 Å². The summed E-state index contributed by atoms with van der Waals surface area (Å²) < 4.78 is 0. The number of rotatable bonds is 7. The van der Waals surface area contributed by atoms with E-state index in [-0.39, 0.29) is 55.5 Å². The van der Waals surface area contributed by atoms with Crippen molar-refractivity contribution in [2.24, 2.45) is 0 Å². The average Bonchev–Trinajstić information content (AvgIpc) is 3.28. The van der Waals surface area contributed by atoms with Crippen LogP contribution >= 0.6 is 11.3 Å². The molecule has 28 heavy (non-hydrogen) atoms. The van der Waals surface area contributed by atoms with E-state index in [1.165, 1.54) is 23.2 Å². The van der Waals surface area contributed by atoms with Gasteiger partial charge in [0.1, 0.15) is 0 Å². The molecule has 8 heteroatoms. The van der Waals surface area contributed by atoms with Gasteiger partial charge < -0.3 is 10.6 Å². The molecule has 1 aromatic carbocycles. The molecule has 1 unspecified atom stereocenters. The Kier molecular flexibility index (Phi) is 6.20. The van der Waals surface area contributed by atoms with Gasteiger partial charge in [0.15, 0.2) is 0 Å². The molecule has 3 rings (SSSR count). The summed E-state index contributed by atoms with van der Waals surface area (Å²) in [4.78, 5) is 49.4. The number of thiophene rings is 1. The standard InChI is InChI=1S/C20H21N3O4S/c1-13(24)21-16(17-3-2-10-28-17)11-18(25)22-15-6-4-14(5-7-15)12-23-19(26)8-9-20(23)27/h2-7,10,16H,8-9,11-12H2,1H3,(H,21,24)(H,22,25). The average molecular weight is 399 g/mol. The highest BCUT2D eigenvalue weighted by atomic mass is 32.1. The van der Waals surface area contributed by atoms with Crippen LogP contribution in [0.15, 0.2) is 41.8 Å². The van der Waals surface area contributed by atoms with E-state index < -0.39 is 0 Å². The van der Waals surface area contributed by atoms with E-state index in [1.54, 1.807) is 24.3 Å². The predicted molar refractivity (Wildman–Crippen MR) is 105 cm³/mol. The molecular formula is C20H21N3O4S. The highest BCUT2D eigenvalue weighted by Gasteiger charge is 2.28. The Hall–Kier alpha value is -3.00. The number of amides is 4. The Balaban J connectivity index is 1.58. The van der Waals surface area contributed by atoms with Crippen LogP contribution in [0.5, 0.6) is 0 Å². The highest BCUT2D eigenvalue weighted by molar-refractivity contribution is 7.10. The fourth-order valence-electron chi connectivity index (χ4n) is 3.03. The molecular weight excluding hydrogens is 378 g/mol. The summed E-state index contributed by atoms with van der Waals surface area (Å²) in [7, 11) is 0. The molecule has 2 N–H and O–H groups in total. The second-order valence-corrected chi connectivity index (χ2v) is 7.57. The predicted octanol–water partition coefficient (Wildman–Crippen LogP) is 2.60. The van der Waals surface area contributed by atoms with Gasteiger partial charge in [-0.15, -0.1) is 11.3 Å². The lowest BCUT2D eigenvalue weighted by Crippen LogP contribution is -2.29. The molecule has 7 nitrogen and oxygen atoms in total. The first-order valence-corrected chi connectivity index (χ1v) is 9.83. The third kappa shape index (κ3) is 5.04.